The molecule has 6 heteroatoms. The maximum absolute atomic E-state index is 6.07. The third-order valence-corrected chi connectivity index (χ3v) is 3.97. The second-order valence-corrected chi connectivity index (χ2v) is 5.51. The monoisotopic (exact) mass is 292 g/mol. The molecular weight excluding hydrogens is 280 g/mol. The van der Waals surface area contributed by atoms with Crippen LogP contribution in [-0.2, 0) is 0 Å². The van der Waals surface area contributed by atoms with Crippen LogP contribution in [0, 0.1) is 0 Å². The minimum atomic E-state index is 0.481. The summed E-state index contributed by atoms with van der Waals surface area (Å²) in [7, 11) is 0. The number of amidine groups is 1. The predicted molar refractivity (Wildman–Crippen MR) is 80.1 cm³/mol. The second kappa shape index (κ2) is 5.67. The first-order chi connectivity index (χ1) is 9.33. The fourth-order valence-corrected chi connectivity index (χ4v) is 2.90. The molecule has 2 aromatic heterocycles. The molecule has 0 spiro atoms. The summed E-state index contributed by atoms with van der Waals surface area (Å²) < 4.78 is 0. The number of rotatable bonds is 2. The van der Waals surface area contributed by atoms with Crippen molar-refractivity contribution in [3.8, 4) is 11.3 Å². The number of nitrogens with one attached hydrogen (secondary N) is 1. The van der Waals surface area contributed by atoms with Crippen LogP contribution in [0.25, 0.3) is 11.3 Å². The van der Waals surface area contributed by atoms with E-state index in [0.29, 0.717) is 5.15 Å². The van der Waals surface area contributed by atoms with Crippen molar-refractivity contribution in [3.63, 3.8) is 0 Å². The van der Waals surface area contributed by atoms with Gasteiger partial charge in [-0.15, -0.1) is 11.3 Å². The van der Waals surface area contributed by atoms with Gasteiger partial charge in [-0.2, -0.15) is 0 Å². The second-order valence-electron chi connectivity index (χ2n) is 4.29. The fraction of sp³-hybridized carbons (Fsp3) is 0.308. The number of nitrogens with zero attached hydrogens (tertiary/aromatic N) is 3. The standard InChI is InChI=1S/C13H13ClN4S/c14-12-9(4-3-7-16-12)10-8-19-13(17-10)18-11-5-1-2-6-15-11/h3-4,7-8H,1-2,5-6H2,(H,15,17,18). The molecular formula is C13H13ClN4S. The van der Waals surface area contributed by atoms with Crippen molar-refractivity contribution in [2.45, 2.75) is 19.3 Å². The smallest absolute Gasteiger partial charge is 0.188 e. The number of pyridine rings is 1. The number of hydrogen-bond acceptors (Lipinski definition) is 5. The summed E-state index contributed by atoms with van der Waals surface area (Å²) in [5.74, 6) is 1.03. The largest absolute Gasteiger partial charge is 0.320 e. The van der Waals surface area contributed by atoms with E-state index >= 15 is 0 Å². The van der Waals surface area contributed by atoms with Gasteiger partial charge in [0.2, 0.25) is 0 Å². The number of hydrogen-bond donors (Lipinski definition) is 1. The molecule has 0 radical (unpaired) electrons. The van der Waals surface area contributed by atoms with Gasteiger partial charge in [0.15, 0.2) is 5.13 Å². The predicted octanol–water partition coefficient (Wildman–Crippen LogP) is 3.85. The maximum Gasteiger partial charge on any atom is 0.188 e. The van der Waals surface area contributed by atoms with Gasteiger partial charge in [-0.3, -0.25) is 4.99 Å². The Kier molecular flexibility index (Phi) is 3.75. The maximum atomic E-state index is 6.07. The van der Waals surface area contributed by atoms with Gasteiger partial charge in [0.1, 0.15) is 11.0 Å². The Balaban J connectivity index is 1.80. The lowest BCUT2D eigenvalue weighted by atomic mass is 10.2. The van der Waals surface area contributed by atoms with Gasteiger partial charge >= 0.3 is 0 Å². The van der Waals surface area contributed by atoms with Crippen LogP contribution >= 0.6 is 22.9 Å². The Hall–Kier alpha value is -1.46. The third-order valence-electron chi connectivity index (χ3n) is 2.91. The molecule has 0 saturated carbocycles. The molecule has 0 unspecified atom stereocenters. The van der Waals surface area contributed by atoms with Crippen LogP contribution in [0.2, 0.25) is 5.15 Å². The highest BCUT2D eigenvalue weighted by Crippen LogP contribution is 2.29. The quantitative estimate of drug-likeness (QED) is 0.855. The Labute approximate surface area is 120 Å². The molecule has 3 heterocycles. The molecule has 1 aliphatic rings. The van der Waals surface area contributed by atoms with E-state index in [-0.39, 0.29) is 0 Å². The van der Waals surface area contributed by atoms with Crippen molar-refractivity contribution >= 4 is 33.9 Å². The summed E-state index contributed by atoms with van der Waals surface area (Å²) in [6.07, 6.45) is 5.05. The van der Waals surface area contributed by atoms with Crippen molar-refractivity contribution in [2.24, 2.45) is 4.99 Å². The molecule has 0 aliphatic carbocycles. The van der Waals surface area contributed by atoms with Crippen LogP contribution in [0.5, 0.6) is 0 Å². The van der Waals surface area contributed by atoms with Crippen LogP contribution in [0.15, 0.2) is 28.7 Å². The molecule has 2 aromatic rings. The van der Waals surface area contributed by atoms with Crippen molar-refractivity contribution < 1.29 is 0 Å². The summed E-state index contributed by atoms with van der Waals surface area (Å²) in [5.41, 5.74) is 1.71. The summed E-state index contributed by atoms with van der Waals surface area (Å²) in [6, 6.07) is 3.78. The number of aromatic nitrogens is 2. The highest BCUT2D eigenvalue weighted by molar-refractivity contribution is 7.14. The average Bonchev–Trinajstić information content (AvgIpc) is 2.89. The topological polar surface area (TPSA) is 50.2 Å². The van der Waals surface area contributed by atoms with Crippen LogP contribution in [-0.4, -0.2) is 22.3 Å². The molecule has 0 amide bonds. The molecule has 0 atom stereocenters. The fourth-order valence-electron chi connectivity index (χ4n) is 1.95. The molecule has 0 aromatic carbocycles. The van der Waals surface area contributed by atoms with E-state index in [1.165, 1.54) is 12.8 Å². The zero-order chi connectivity index (χ0) is 13.1. The minimum Gasteiger partial charge on any atom is -0.320 e. The number of halogens is 1. The van der Waals surface area contributed by atoms with Gasteiger partial charge in [-0.05, 0) is 25.0 Å². The lowest BCUT2D eigenvalue weighted by molar-refractivity contribution is 0.737. The van der Waals surface area contributed by atoms with Gasteiger partial charge in [-0.1, -0.05) is 11.6 Å². The van der Waals surface area contributed by atoms with E-state index in [4.69, 9.17) is 11.6 Å². The van der Waals surface area contributed by atoms with Crippen LogP contribution < -0.4 is 5.32 Å². The van der Waals surface area contributed by atoms with Crippen LogP contribution in [0.3, 0.4) is 0 Å². The molecule has 3 rings (SSSR count). The van der Waals surface area contributed by atoms with Gasteiger partial charge in [0, 0.05) is 30.1 Å². The van der Waals surface area contributed by atoms with Crippen LogP contribution in [0.4, 0.5) is 5.13 Å². The first kappa shape index (κ1) is 12.6. The van der Waals surface area contributed by atoms with E-state index in [1.807, 2.05) is 17.5 Å². The molecule has 98 valence electrons. The Morgan fingerprint density at radius 1 is 1.32 bits per heavy atom. The molecule has 1 N–H and O–H groups in total. The van der Waals surface area contributed by atoms with Crippen molar-refractivity contribution in [3.05, 3.63) is 28.9 Å². The van der Waals surface area contributed by atoms with E-state index in [1.54, 1.807) is 17.5 Å². The molecule has 1 aliphatic heterocycles. The van der Waals surface area contributed by atoms with E-state index in [0.717, 1.165) is 35.2 Å². The van der Waals surface area contributed by atoms with Crippen molar-refractivity contribution in [2.75, 3.05) is 11.9 Å². The summed E-state index contributed by atoms with van der Waals surface area (Å²) in [5, 5.41) is 6.60. The van der Waals surface area contributed by atoms with Crippen LogP contribution in [0.1, 0.15) is 19.3 Å². The molecule has 0 saturated heterocycles. The first-order valence-corrected chi connectivity index (χ1v) is 7.45. The lowest BCUT2D eigenvalue weighted by Crippen LogP contribution is -2.15. The molecule has 4 nitrogen and oxygen atoms in total. The Morgan fingerprint density at radius 2 is 2.26 bits per heavy atom. The normalized spacial score (nSPS) is 15.1. The summed E-state index contributed by atoms with van der Waals surface area (Å²) >= 11 is 7.63. The number of aliphatic imine (C=N–C) groups is 1. The third kappa shape index (κ3) is 2.93. The highest BCUT2D eigenvalue weighted by atomic mass is 35.5. The van der Waals surface area contributed by atoms with E-state index in [9.17, 15) is 0 Å². The van der Waals surface area contributed by atoms with Crippen molar-refractivity contribution in [1.29, 1.82) is 0 Å². The zero-order valence-corrected chi connectivity index (χ0v) is 11.8. The van der Waals surface area contributed by atoms with E-state index < -0.39 is 0 Å². The first-order valence-electron chi connectivity index (χ1n) is 6.20. The lowest BCUT2D eigenvalue weighted by Gasteiger charge is -2.11. The highest BCUT2D eigenvalue weighted by Gasteiger charge is 2.11. The molecule has 0 fully saturated rings. The molecule has 0 bridgehead atoms. The number of anilines is 1. The van der Waals surface area contributed by atoms with Gasteiger partial charge in [-0.25, -0.2) is 9.97 Å². The average molecular weight is 293 g/mol. The van der Waals surface area contributed by atoms with E-state index in [2.05, 4.69) is 20.3 Å². The van der Waals surface area contributed by atoms with Gasteiger partial charge < -0.3 is 5.32 Å². The summed E-state index contributed by atoms with van der Waals surface area (Å²) in [6.45, 7) is 0.912. The molecule has 19 heavy (non-hydrogen) atoms. The zero-order valence-electron chi connectivity index (χ0n) is 10.3. The van der Waals surface area contributed by atoms with Gasteiger partial charge in [0.05, 0.1) is 5.69 Å². The number of thiazole rings is 1. The Morgan fingerprint density at radius 3 is 3.05 bits per heavy atom. The minimum absolute atomic E-state index is 0.481. The SMILES string of the molecule is Clc1ncccc1-c1csc(NC2=NCCCC2)n1. The van der Waals surface area contributed by atoms with Gasteiger partial charge in [0.25, 0.3) is 0 Å². The summed E-state index contributed by atoms with van der Waals surface area (Å²) in [4.78, 5) is 13.1. The van der Waals surface area contributed by atoms with Crippen molar-refractivity contribution in [1.82, 2.24) is 9.97 Å². The Bertz CT molecular complexity index is 608.